The van der Waals surface area contributed by atoms with E-state index in [1.54, 1.807) is 24.4 Å². The van der Waals surface area contributed by atoms with Crippen LogP contribution in [0.2, 0.25) is 0 Å². The minimum Gasteiger partial charge on any atom is -0.298 e. The van der Waals surface area contributed by atoms with Crippen LogP contribution in [-0.2, 0) is 0 Å². The molecule has 0 aliphatic rings. The number of thiazole rings is 1. The summed E-state index contributed by atoms with van der Waals surface area (Å²) in [7, 11) is 0. The molecule has 0 saturated carbocycles. The van der Waals surface area contributed by atoms with Gasteiger partial charge in [-0.15, -0.1) is 11.3 Å². The number of nitrogens with zero attached hydrogens (tertiary/aromatic N) is 3. The Morgan fingerprint density at radius 3 is 2.75 bits per heavy atom. The SMILES string of the molecule is Cc1csc(NC(=O)c2cc(C(=O)c3cncc(F)c3)cc3cccnc23)n1. The maximum Gasteiger partial charge on any atom is 0.259 e. The largest absolute Gasteiger partial charge is 0.298 e. The van der Waals surface area contributed by atoms with Gasteiger partial charge in [0.25, 0.3) is 5.91 Å². The number of aryl methyl sites for hydroxylation is 1. The number of fused-ring (bicyclic) bond motifs is 1. The van der Waals surface area contributed by atoms with Crippen molar-refractivity contribution in [1.29, 1.82) is 0 Å². The second-order valence-electron chi connectivity index (χ2n) is 6.07. The normalized spacial score (nSPS) is 10.8. The zero-order valence-electron chi connectivity index (χ0n) is 14.6. The summed E-state index contributed by atoms with van der Waals surface area (Å²) in [6.45, 7) is 1.83. The monoisotopic (exact) mass is 392 g/mol. The van der Waals surface area contributed by atoms with E-state index >= 15 is 0 Å². The van der Waals surface area contributed by atoms with Crippen molar-refractivity contribution in [3.63, 3.8) is 0 Å². The third-order valence-corrected chi connectivity index (χ3v) is 4.89. The average Bonchev–Trinajstić information content (AvgIpc) is 3.11. The van der Waals surface area contributed by atoms with E-state index in [0.29, 0.717) is 16.0 Å². The summed E-state index contributed by atoms with van der Waals surface area (Å²) in [6, 6.07) is 7.67. The molecule has 138 valence electrons. The fourth-order valence-corrected chi connectivity index (χ4v) is 3.46. The predicted octanol–water partition coefficient (Wildman–Crippen LogP) is 4.02. The first-order chi connectivity index (χ1) is 13.5. The van der Waals surface area contributed by atoms with E-state index in [1.807, 2.05) is 12.3 Å². The van der Waals surface area contributed by atoms with Gasteiger partial charge in [-0.25, -0.2) is 9.37 Å². The third kappa shape index (κ3) is 3.49. The molecule has 0 bridgehead atoms. The second kappa shape index (κ2) is 7.24. The van der Waals surface area contributed by atoms with Gasteiger partial charge in [-0.05, 0) is 31.2 Å². The van der Waals surface area contributed by atoms with E-state index < -0.39 is 17.5 Å². The second-order valence-corrected chi connectivity index (χ2v) is 6.93. The van der Waals surface area contributed by atoms with Crippen LogP contribution in [0.25, 0.3) is 10.9 Å². The Kier molecular flexibility index (Phi) is 4.62. The lowest BCUT2D eigenvalue weighted by atomic mass is 9.99. The van der Waals surface area contributed by atoms with Crippen molar-refractivity contribution >= 4 is 39.1 Å². The molecule has 6 nitrogen and oxygen atoms in total. The summed E-state index contributed by atoms with van der Waals surface area (Å²) < 4.78 is 13.5. The van der Waals surface area contributed by atoms with E-state index in [-0.39, 0.29) is 16.7 Å². The van der Waals surface area contributed by atoms with E-state index in [4.69, 9.17) is 0 Å². The van der Waals surface area contributed by atoms with Crippen molar-refractivity contribution in [2.45, 2.75) is 6.92 Å². The molecule has 0 atom stereocenters. The summed E-state index contributed by atoms with van der Waals surface area (Å²) in [4.78, 5) is 37.9. The lowest BCUT2D eigenvalue weighted by Gasteiger charge is -2.09. The number of amides is 1. The van der Waals surface area contributed by atoms with Crippen LogP contribution in [0.3, 0.4) is 0 Å². The van der Waals surface area contributed by atoms with Gasteiger partial charge >= 0.3 is 0 Å². The number of ketones is 1. The van der Waals surface area contributed by atoms with E-state index in [2.05, 4.69) is 20.3 Å². The highest BCUT2D eigenvalue weighted by Crippen LogP contribution is 2.23. The Morgan fingerprint density at radius 1 is 1.14 bits per heavy atom. The Hall–Kier alpha value is -3.52. The lowest BCUT2D eigenvalue weighted by molar-refractivity contribution is 0.102. The highest BCUT2D eigenvalue weighted by molar-refractivity contribution is 7.13. The molecular formula is C20H13FN4O2S. The summed E-state index contributed by atoms with van der Waals surface area (Å²) in [6.07, 6.45) is 3.89. The summed E-state index contributed by atoms with van der Waals surface area (Å²) in [5.74, 6) is -1.47. The van der Waals surface area contributed by atoms with E-state index in [0.717, 1.165) is 18.0 Å². The molecule has 0 unspecified atom stereocenters. The molecule has 3 heterocycles. The molecule has 4 rings (SSSR count). The first kappa shape index (κ1) is 17.9. The number of rotatable bonds is 4. The predicted molar refractivity (Wildman–Crippen MR) is 104 cm³/mol. The van der Waals surface area contributed by atoms with Gasteiger partial charge in [0.05, 0.1) is 23.0 Å². The van der Waals surface area contributed by atoms with Gasteiger partial charge in [-0.3, -0.25) is 24.9 Å². The van der Waals surface area contributed by atoms with Crippen LogP contribution in [-0.4, -0.2) is 26.6 Å². The van der Waals surface area contributed by atoms with Crippen molar-refractivity contribution in [3.05, 3.63) is 82.5 Å². The first-order valence-corrected chi connectivity index (χ1v) is 9.17. The van der Waals surface area contributed by atoms with E-state index in [1.165, 1.54) is 23.6 Å². The number of halogens is 1. The highest BCUT2D eigenvalue weighted by Gasteiger charge is 2.18. The van der Waals surface area contributed by atoms with E-state index in [9.17, 15) is 14.0 Å². The molecule has 28 heavy (non-hydrogen) atoms. The smallest absolute Gasteiger partial charge is 0.259 e. The summed E-state index contributed by atoms with van der Waals surface area (Å²) in [5.41, 5.74) is 1.84. The molecule has 3 aromatic heterocycles. The number of anilines is 1. The fourth-order valence-electron chi connectivity index (χ4n) is 2.78. The van der Waals surface area contributed by atoms with Gasteiger partial charge < -0.3 is 0 Å². The molecular weight excluding hydrogens is 379 g/mol. The van der Waals surface area contributed by atoms with Crippen LogP contribution in [0, 0.1) is 12.7 Å². The number of aromatic nitrogens is 3. The zero-order chi connectivity index (χ0) is 19.7. The zero-order valence-corrected chi connectivity index (χ0v) is 15.5. The molecule has 0 aliphatic carbocycles. The van der Waals surface area contributed by atoms with Crippen LogP contribution in [0.4, 0.5) is 9.52 Å². The highest BCUT2D eigenvalue weighted by atomic mass is 32.1. The molecule has 0 aliphatic heterocycles. The topological polar surface area (TPSA) is 84.8 Å². The number of carbonyl (C=O) groups is 2. The number of nitrogens with one attached hydrogen (secondary N) is 1. The number of hydrogen-bond acceptors (Lipinski definition) is 6. The summed E-state index contributed by atoms with van der Waals surface area (Å²) in [5, 5.41) is 5.63. The number of carbonyl (C=O) groups excluding carboxylic acids is 2. The van der Waals surface area contributed by atoms with Crippen molar-refractivity contribution in [1.82, 2.24) is 15.0 Å². The summed E-state index contributed by atoms with van der Waals surface area (Å²) >= 11 is 1.31. The van der Waals surface area contributed by atoms with Crippen LogP contribution in [0.5, 0.6) is 0 Å². The van der Waals surface area contributed by atoms with Gasteiger partial charge in [-0.1, -0.05) is 6.07 Å². The van der Waals surface area contributed by atoms with Gasteiger partial charge in [0.15, 0.2) is 10.9 Å². The molecule has 0 radical (unpaired) electrons. The van der Waals surface area contributed by atoms with Crippen LogP contribution >= 0.6 is 11.3 Å². The molecule has 0 spiro atoms. The first-order valence-electron chi connectivity index (χ1n) is 8.29. The minimum atomic E-state index is -0.606. The molecule has 1 amide bonds. The van der Waals surface area contributed by atoms with Crippen LogP contribution in [0.1, 0.15) is 32.0 Å². The maximum absolute atomic E-state index is 13.5. The van der Waals surface area contributed by atoms with Crippen molar-refractivity contribution in [3.8, 4) is 0 Å². The van der Waals surface area contributed by atoms with Gasteiger partial charge in [0.1, 0.15) is 5.82 Å². The Balaban J connectivity index is 1.79. The maximum atomic E-state index is 13.5. The molecule has 4 aromatic rings. The number of pyridine rings is 2. The number of benzene rings is 1. The third-order valence-electron chi connectivity index (χ3n) is 4.02. The Bertz CT molecular complexity index is 1220. The number of hydrogen-bond donors (Lipinski definition) is 1. The fraction of sp³-hybridized carbons (Fsp3) is 0.0500. The molecule has 8 heteroatoms. The molecule has 1 N–H and O–H groups in total. The van der Waals surface area contributed by atoms with Gasteiger partial charge in [0, 0.05) is 34.3 Å². The lowest BCUT2D eigenvalue weighted by Crippen LogP contribution is -2.14. The van der Waals surface area contributed by atoms with Gasteiger partial charge in [0.2, 0.25) is 0 Å². The van der Waals surface area contributed by atoms with Crippen molar-refractivity contribution in [2.24, 2.45) is 0 Å². The average molecular weight is 392 g/mol. The molecule has 0 saturated heterocycles. The Morgan fingerprint density at radius 2 is 2.00 bits per heavy atom. The van der Waals surface area contributed by atoms with Crippen molar-refractivity contribution < 1.29 is 14.0 Å². The minimum absolute atomic E-state index is 0.102. The Labute approximate surface area is 163 Å². The van der Waals surface area contributed by atoms with Crippen LogP contribution < -0.4 is 5.32 Å². The standard InChI is InChI=1S/C20H13FN4O2S/c1-11-10-28-20(24-11)25-19(27)16-7-13(5-12-3-2-4-23-17(12)16)18(26)14-6-15(21)9-22-8-14/h2-10H,1H3,(H,24,25,27). The van der Waals surface area contributed by atoms with Gasteiger partial charge in [-0.2, -0.15) is 0 Å². The van der Waals surface area contributed by atoms with Crippen LogP contribution in [0.15, 0.2) is 54.3 Å². The quantitative estimate of drug-likeness (QED) is 0.530. The van der Waals surface area contributed by atoms with Crippen molar-refractivity contribution in [2.75, 3.05) is 5.32 Å². The molecule has 0 fully saturated rings. The molecule has 1 aromatic carbocycles.